The lowest BCUT2D eigenvalue weighted by Crippen LogP contribution is -2.40. The highest BCUT2D eigenvalue weighted by Gasteiger charge is 2.21. The van der Waals surface area contributed by atoms with Gasteiger partial charge in [0.25, 0.3) is 0 Å². The van der Waals surface area contributed by atoms with Crippen molar-refractivity contribution in [3.05, 3.63) is 0 Å². The number of rotatable bonds is 9. The summed E-state index contributed by atoms with van der Waals surface area (Å²) in [7, 11) is 1.86. The Labute approximate surface area is 129 Å². The van der Waals surface area contributed by atoms with Gasteiger partial charge in [-0.1, -0.05) is 6.92 Å². The van der Waals surface area contributed by atoms with Crippen LogP contribution in [-0.4, -0.2) is 62.6 Å². The highest BCUT2D eigenvalue weighted by molar-refractivity contribution is 7.98. The molecule has 1 aliphatic heterocycles. The molecule has 1 saturated heterocycles. The first kappa shape index (κ1) is 17.6. The molecule has 1 aliphatic rings. The van der Waals surface area contributed by atoms with Gasteiger partial charge in [-0.3, -0.25) is 4.99 Å². The topological polar surface area (TPSA) is 39.7 Å². The summed E-state index contributed by atoms with van der Waals surface area (Å²) in [5, 5.41) is 6.88. The lowest BCUT2D eigenvalue weighted by atomic mass is 10.1. The Bertz CT molecular complexity index is 271. The third kappa shape index (κ3) is 7.39. The maximum Gasteiger partial charge on any atom is 0.190 e. The molecule has 1 rings (SSSR count). The fraction of sp³-hybridized carbons (Fsp3) is 0.933. The molecule has 118 valence electrons. The quantitative estimate of drug-likeness (QED) is 0.388. The average molecular weight is 301 g/mol. The Balaban J connectivity index is 2.09. The molecular formula is C15H32N4S. The molecule has 20 heavy (non-hydrogen) atoms. The van der Waals surface area contributed by atoms with E-state index in [9.17, 15) is 0 Å². The second-order valence-corrected chi connectivity index (χ2v) is 6.52. The second-order valence-electron chi connectivity index (χ2n) is 5.54. The van der Waals surface area contributed by atoms with Gasteiger partial charge in [0.1, 0.15) is 0 Å². The van der Waals surface area contributed by atoms with Crippen LogP contribution in [0.15, 0.2) is 4.99 Å². The summed E-state index contributed by atoms with van der Waals surface area (Å²) in [5.41, 5.74) is 0. The third-order valence-electron chi connectivity index (χ3n) is 3.76. The van der Waals surface area contributed by atoms with Crippen molar-refractivity contribution >= 4 is 17.7 Å². The van der Waals surface area contributed by atoms with Gasteiger partial charge in [0, 0.05) is 26.7 Å². The molecule has 1 heterocycles. The number of nitrogens with zero attached hydrogens (tertiary/aromatic N) is 2. The van der Waals surface area contributed by atoms with Crippen LogP contribution in [0.5, 0.6) is 0 Å². The van der Waals surface area contributed by atoms with Gasteiger partial charge in [-0.25, -0.2) is 0 Å². The molecule has 0 aromatic rings. The van der Waals surface area contributed by atoms with E-state index in [0.29, 0.717) is 0 Å². The van der Waals surface area contributed by atoms with E-state index in [4.69, 9.17) is 0 Å². The molecular weight excluding hydrogens is 268 g/mol. The number of nitrogens with one attached hydrogen (secondary N) is 2. The smallest absolute Gasteiger partial charge is 0.190 e. The van der Waals surface area contributed by atoms with Gasteiger partial charge in [-0.2, -0.15) is 11.8 Å². The van der Waals surface area contributed by atoms with Gasteiger partial charge < -0.3 is 15.5 Å². The van der Waals surface area contributed by atoms with Crippen LogP contribution in [0.4, 0.5) is 0 Å². The van der Waals surface area contributed by atoms with Crippen molar-refractivity contribution < 1.29 is 0 Å². The predicted molar refractivity (Wildman–Crippen MR) is 91.8 cm³/mol. The Morgan fingerprint density at radius 1 is 1.35 bits per heavy atom. The van der Waals surface area contributed by atoms with Crippen molar-refractivity contribution in [2.45, 2.75) is 32.6 Å². The first-order valence-electron chi connectivity index (χ1n) is 7.96. The van der Waals surface area contributed by atoms with E-state index in [-0.39, 0.29) is 0 Å². The number of hydrogen-bond acceptors (Lipinski definition) is 3. The van der Waals surface area contributed by atoms with Crippen LogP contribution in [0.2, 0.25) is 0 Å². The molecule has 0 amide bonds. The Morgan fingerprint density at radius 2 is 2.20 bits per heavy atom. The summed E-state index contributed by atoms with van der Waals surface area (Å²) >= 11 is 1.92. The molecule has 4 nitrogen and oxygen atoms in total. The monoisotopic (exact) mass is 300 g/mol. The highest BCUT2D eigenvalue weighted by atomic mass is 32.2. The van der Waals surface area contributed by atoms with E-state index in [0.717, 1.165) is 25.0 Å². The molecule has 5 heteroatoms. The molecule has 1 unspecified atom stereocenters. The van der Waals surface area contributed by atoms with Gasteiger partial charge in [-0.15, -0.1) is 0 Å². The summed E-state index contributed by atoms with van der Waals surface area (Å²) in [6, 6.07) is 0. The highest BCUT2D eigenvalue weighted by Crippen LogP contribution is 2.15. The van der Waals surface area contributed by atoms with Crippen molar-refractivity contribution in [3.63, 3.8) is 0 Å². The second kappa shape index (κ2) is 11.3. The normalized spacial score (nSPS) is 20.4. The number of thioether (sulfide) groups is 1. The fourth-order valence-corrected chi connectivity index (χ4v) is 3.13. The number of likely N-dealkylation sites (tertiary alicyclic amines) is 1. The van der Waals surface area contributed by atoms with Crippen molar-refractivity contribution in [1.29, 1.82) is 0 Å². The van der Waals surface area contributed by atoms with Crippen LogP contribution in [0, 0.1) is 5.92 Å². The molecule has 2 N–H and O–H groups in total. The van der Waals surface area contributed by atoms with Crippen molar-refractivity contribution in [3.8, 4) is 0 Å². The van der Waals surface area contributed by atoms with E-state index >= 15 is 0 Å². The molecule has 0 bridgehead atoms. The largest absolute Gasteiger partial charge is 0.356 e. The van der Waals surface area contributed by atoms with Crippen molar-refractivity contribution in [2.75, 3.05) is 51.8 Å². The average Bonchev–Trinajstić information content (AvgIpc) is 2.90. The van der Waals surface area contributed by atoms with Gasteiger partial charge in [0.2, 0.25) is 0 Å². The SMILES string of the molecule is CCCN1CCC(CNC(=NC)NCCCCSC)C1. The van der Waals surface area contributed by atoms with Crippen LogP contribution in [0.1, 0.15) is 32.6 Å². The summed E-state index contributed by atoms with van der Waals surface area (Å²) in [4.78, 5) is 6.87. The van der Waals surface area contributed by atoms with E-state index in [1.807, 2.05) is 18.8 Å². The Kier molecular flexibility index (Phi) is 9.93. The number of unbranched alkanes of at least 4 members (excludes halogenated alkanes) is 1. The molecule has 0 aromatic heterocycles. The minimum Gasteiger partial charge on any atom is -0.356 e. The zero-order valence-electron chi connectivity index (χ0n) is 13.5. The van der Waals surface area contributed by atoms with Crippen LogP contribution in [0.3, 0.4) is 0 Å². The molecule has 0 radical (unpaired) electrons. The van der Waals surface area contributed by atoms with Gasteiger partial charge in [0.15, 0.2) is 5.96 Å². The Hall–Kier alpha value is -0.420. The molecule has 0 saturated carbocycles. The number of hydrogen-bond donors (Lipinski definition) is 2. The molecule has 0 aliphatic carbocycles. The lowest BCUT2D eigenvalue weighted by molar-refractivity contribution is 0.324. The third-order valence-corrected chi connectivity index (χ3v) is 4.46. The van der Waals surface area contributed by atoms with Gasteiger partial charge >= 0.3 is 0 Å². The van der Waals surface area contributed by atoms with Crippen LogP contribution >= 0.6 is 11.8 Å². The summed E-state index contributed by atoms with van der Waals surface area (Å²) in [6.45, 7) is 8.08. The Morgan fingerprint density at radius 3 is 2.90 bits per heavy atom. The molecule has 1 atom stereocenters. The minimum absolute atomic E-state index is 0.775. The first-order valence-corrected chi connectivity index (χ1v) is 9.35. The van der Waals surface area contributed by atoms with Crippen molar-refractivity contribution in [2.24, 2.45) is 10.9 Å². The fourth-order valence-electron chi connectivity index (χ4n) is 2.64. The van der Waals surface area contributed by atoms with Crippen LogP contribution < -0.4 is 10.6 Å². The molecule has 0 aromatic carbocycles. The predicted octanol–water partition coefficient (Wildman–Crippen LogP) is 2.03. The van der Waals surface area contributed by atoms with Crippen LogP contribution in [-0.2, 0) is 0 Å². The first-order chi connectivity index (χ1) is 9.80. The zero-order valence-corrected chi connectivity index (χ0v) is 14.3. The maximum absolute atomic E-state index is 4.30. The van der Waals surface area contributed by atoms with E-state index < -0.39 is 0 Å². The van der Waals surface area contributed by atoms with E-state index in [1.54, 1.807) is 0 Å². The minimum atomic E-state index is 0.775. The van der Waals surface area contributed by atoms with Crippen molar-refractivity contribution in [1.82, 2.24) is 15.5 Å². The maximum atomic E-state index is 4.30. The number of guanidine groups is 1. The van der Waals surface area contributed by atoms with Gasteiger partial charge in [0.05, 0.1) is 0 Å². The lowest BCUT2D eigenvalue weighted by Gasteiger charge is -2.17. The number of aliphatic imine (C=N–C) groups is 1. The van der Waals surface area contributed by atoms with E-state index in [2.05, 4.69) is 33.7 Å². The van der Waals surface area contributed by atoms with Crippen LogP contribution in [0.25, 0.3) is 0 Å². The van der Waals surface area contributed by atoms with Gasteiger partial charge in [-0.05, 0) is 56.7 Å². The summed E-state index contributed by atoms with van der Waals surface area (Å²) in [5.74, 6) is 2.99. The zero-order chi connectivity index (χ0) is 14.6. The summed E-state index contributed by atoms with van der Waals surface area (Å²) in [6.07, 6.45) is 7.24. The summed E-state index contributed by atoms with van der Waals surface area (Å²) < 4.78 is 0. The molecule has 1 fully saturated rings. The standard InChI is InChI=1S/C15H32N4S/c1-4-9-19-10-7-14(13-19)12-18-15(16-2)17-8-5-6-11-20-3/h14H,4-13H2,1-3H3,(H2,16,17,18). The molecule has 0 spiro atoms. The van der Waals surface area contributed by atoms with E-state index in [1.165, 1.54) is 51.1 Å².